The van der Waals surface area contributed by atoms with Crippen molar-refractivity contribution < 1.29 is 23.8 Å². The number of halogens is 1. The quantitative estimate of drug-likeness (QED) is 0.785. The van der Waals surface area contributed by atoms with Gasteiger partial charge >= 0.3 is 6.09 Å². The second kappa shape index (κ2) is 6.41. The van der Waals surface area contributed by atoms with Gasteiger partial charge in [-0.25, -0.2) is 9.18 Å². The van der Waals surface area contributed by atoms with Crippen molar-refractivity contribution in [1.82, 2.24) is 4.90 Å². The van der Waals surface area contributed by atoms with Crippen molar-refractivity contribution in [3.8, 4) is 0 Å². The summed E-state index contributed by atoms with van der Waals surface area (Å²) in [5, 5.41) is 9.58. The van der Waals surface area contributed by atoms with Gasteiger partial charge in [0.2, 0.25) is 0 Å². The lowest BCUT2D eigenvalue weighted by molar-refractivity contribution is -0.206. The highest BCUT2D eigenvalue weighted by Crippen LogP contribution is 2.42. The highest BCUT2D eigenvalue weighted by molar-refractivity contribution is 5.67. The molecule has 1 amide bonds. The summed E-state index contributed by atoms with van der Waals surface area (Å²) in [7, 11) is 1.45. The van der Waals surface area contributed by atoms with E-state index in [4.69, 9.17) is 9.47 Å². The highest BCUT2D eigenvalue weighted by atomic mass is 19.1. The second-order valence-corrected chi connectivity index (χ2v) is 5.05. The van der Waals surface area contributed by atoms with Crippen LogP contribution in [-0.4, -0.2) is 36.0 Å². The van der Waals surface area contributed by atoms with E-state index in [1.165, 1.54) is 18.1 Å². The molecule has 1 N–H and O–H groups in total. The van der Waals surface area contributed by atoms with E-state index < -0.39 is 17.6 Å². The maximum atomic E-state index is 14.3. The molecule has 0 aromatic heterocycles. The third kappa shape index (κ3) is 3.01. The largest absolute Gasteiger partial charge is 0.465 e. The molecule has 0 heterocycles. The summed E-state index contributed by atoms with van der Waals surface area (Å²) in [5.74, 6) is -0.484. The molecule has 1 saturated carbocycles. The Morgan fingerprint density at radius 1 is 1.48 bits per heavy atom. The summed E-state index contributed by atoms with van der Waals surface area (Å²) < 4.78 is 24.9. The Morgan fingerprint density at radius 2 is 2.14 bits per heavy atom. The Hall–Kier alpha value is -1.66. The normalized spacial score (nSPS) is 17.3. The molecule has 0 saturated heterocycles. The standard InChI is InChI=1S/C15H20FNO4/c1-3-15(21-10-20-2,12-6-4-5-7-13(12)16)17(14(18)19)11-8-9-11/h4-7,11H,3,8-10H2,1-2H3,(H,18,19). The monoisotopic (exact) mass is 297 g/mol. The molecule has 1 aliphatic rings. The number of methoxy groups -OCH3 is 1. The van der Waals surface area contributed by atoms with Gasteiger partial charge in [-0.15, -0.1) is 0 Å². The van der Waals surface area contributed by atoms with Crippen molar-refractivity contribution in [3.63, 3.8) is 0 Å². The minimum Gasteiger partial charge on any atom is -0.465 e. The van der Waals surface area contributed by atoms with E-state index in [0.29, 0.717) is 6.42 Å². The van der Waals surface area contributed by atoms with Crippen LogP contribution in [0.25, 0.3) is 0 Å². The molecule has 116 valence electrons. The average Bonchev–Trinajstić information content (AvgIpc) is 3.28. The molecule has 2 rings (SSSR count). The number of hydrogen-bond acceptors (Lipinski definition) is 3. The van der Waals surface area contributed by atoms with E-state index in [1.54, 1.807) is 25.1 Å². The molecule has 0 radical (unpaired) electrons. The van der Waals surface area contributed by atoms with Crippen LogP contribution < -0.4 is 0 Å². The number of carboxylic acid groups (broad SMARTS) is 1. The van der Waals surface area contributed by atoms with Gasteiger partial charge < -0.3 is 14.6 Å². The van der Waals surface area contributed by atoms with Crippen LogP contribution >= 0.6 is 0 Å². The van der Waals surface area contributed by atoms with Crippen molar-refractivity contribution in [3.05, 3.63) is 35.6 Å². The summed E-state index contributed by atoms with van der Waals surface area (Å²) >= 11 is 0. The molecular formula is C15H20FNO4. The first-order valence-electron chi connectivity index (χ1n) is 6.97. The van der Waals surface area contributed by atoms with Crippen LogP contribution in [0, 0.1) is 5.82 Å². The molecule has 6 heteroatoms. The Morgan fingerprint density at radius 3 is 2.62 bits per heavy atom. The Kier molecular flexibility index (Phi) is 4.80. The summed E-state index contributed by atoms with van der Waals surface area (Å²) in [4.78, 5) is 12.9. The second-order valence-electron chi connectivity index (χ2n) is 5.05. The number of nitrogens with zero attached hydrogens (tertiary/aromatic N) is 1. The molecular weight excluding hydrogens is 277 g/mol. The Bertz CT molecular complexity index is 506. The third-order valence-corrected chi connectivity index (χ3v) is 3.70. The number of carbonyl (C=O) groups is 1. The van der Waals surface area contributed by atoms with Gasteiger partial charge in [0.1, 0.15) is 12.6 Å². The van der Waals surface area contributed by atoms with Gasteiger partial charge in [-0.3, -0.25) is 4.90 Å². The first kappa shape index (κ1) is 15.7. The number of ether oxygens (including phenoxy) is 2. The molecule has 1 atom stereocenters. The molecule has 1 aliphatic carbocycles. The van der Waals surface area contributed by atoms with Crippen LogP contribution in [0.2, 0.25) is 0 Å². The molecule has 1 unspecified atom stereocenters. The van der Waals surface area contributed by atoms with Crippen molar-refractivity contribution in [2.75, 3.05) is 13.9 Å². The molecule has 1 aromatic carbocycles. The van der Waals surface area contributed by atoms with Crippen LogP contribution in [0.5, 0.6) is 0 Å². The predicted octanol–water partition coefficient (Wildman–Crippen LogP) is 3.15. The molecule has 0 bridgehead atoms. The molecule has 0 spiro atoms. The first-order chi connectivity index (χ1) is 10.1. The SMILES string of the molecule is CCC(OCOC)(c1ccccc1F)N(C(=O)O)C1CC1. The van der Waals surface area contributed by atoms with Gasteiger partial charge in [0.25, 0.3) is 0 Å². The Balaban J connectivity index is 2.51. The van der Waals surface area contributed by atoms with E-state index in [-0.39, 0.29) is 18.4 Å². The third-order valence-electron chi connectivity index (χ3n) is 3.70. The van der Waals surface area contributed by atoms with Gasteiger partial charge in [0.15, 0.2) is 5.72 Å². The fourth-order valence-corrected chi connectivity index (χ4v) is 2.61. The van der Waals surface area contributed by atoms with Crippen LogP contribution in [0.3, 0.4) is 0 Å². The number of amides is 1. The lowest BCUT2D eigenvalue weighted by Crippen LogP contribution is -2.52. The minimum absolute atomic E-state index is 0.112. The van der Waals surface area contributed by atoms with Crippen molar-refractivity contribution in [2.45, 2.75) is 38.0 Å². The summed E-state index contributed by atoms with van der Waals surface area (Å²) in [6, 6.07) is 5.97. The van der Waals surface area contributed by atoms with Crippen LogP contribution in [-0.2, 0) is 15.2 Å². The van der Waals surface area contributed by atoms with E-state index in [1.807, 2.05) is 0 Å². The summed E-state index contributed by atoms with van der Waals surface area (Å²) in [5.41, 5.74) is -1.15. The summed E-state index contributed by atoms with van der Waals surface area (Å²) in [6.07, 6.45) is 0.705. The zero-order chi connectivity index (χ0) is 15.5. The number of hydrogen-bond donors (Lipinski definition) is 1. The molecule has 21 heavy (non-hydrogen) atoms. The Labute approximate surface area is 123 Å². The highest BCUT2D eigenvalue weighted by Gasteiger charge is 2.49. The lowest BCUT2D eigenvalue weighted by atomic mass is 9.97. The maximum Gasteiger partial charge on any atom is 0.410 e. The fourth-order valence-electron chi connectivity index (χ4n) is 2.61. The van der Waals surface area contributed by atoms with E-state index in [0.717, 1.165) is 12.8 Å². The van der Waals surface area contributed by atoms with Gasteiger partial charge in [-0.05, 0) is 25.3 Å². The maximum absolute atomic E-state index is 14.3. The van der Waals surface area contributed by atoms with Gasteiger partial charge in [-0.2, -0.15) is 0 Å². The smallest absolute Gasteiger partial charge is 0.410 e. The van der Waals surface area contributed by atoms with E-state index >= 15 is 0 Å². The van der Waals surface area contributed by atoms with Crippen molar-refractivity contribution >= 4 is 6.09 Å². The number of benzene rings is 1. The zero-order valence-corrected chi connectivity index (χ0v) is 12.2. The molecule has 0 aliphatic heterocycles. The predicted molar refractivity (Wildman–Crippen MR) is 74.2 cm³/mol. The molecule has 1 fully saturated rings. The van der Waals surface area contributed by atoms with Gasteiger partial charge in [0.05, 0.1) is 0 Å². The van der Waals surface area contributed by atoms with E-state index in [2.05, 4.69) is 0 Å². The zero-order valence-electron chi connectivity index (χ0n) is 12.2. The summed E-state index contributed by atoms with van der Waals surface area (Å²) in [6.45, 7) is 1.67. The van der Waals surface area contributed by atoms with Crippen molar-refractivity contribution in [1.29, 1.82) is 0 Å². The van der Waals surface area contributed by atoms with Gasteiger partial charge in [0, 0.05) is 18.7 Å². The van der Waals surface area contributed by atoms with Crippen LogP contribution in [0.1, 0.15) is 31.7 Å². The van der Waals surface area contributed by atoms with Crippen LogP contribution in [0.4, 0.5) is 9.18 Å². The topological polar surface area (TPSA) is 59.0 Å². The van der Waals surface area contributed by atoms with E-state index in [9.17, 15) is 14.3 Å². The number of rotatable bonds is 7. The molecule has 1 aromatic rings. The van der Waals surface area contributed by atoms with Crippen LogP contribution in [0.15, 0.2) is 24.3 Å². The molecule has 5 nitrogen and oxygen atoms in total. The van der Waals surface area contributed by atoms with Crippen molar-refractivity contribution in [2.24, 2.45) is 0 Å². The lowest BCUT2D eigenvalue weighted by Gasteiger charge is -2.42. The average molecular weight is 297 g/mol. The fraction of sp³-hybridized carbons (Fsp3) is 0.533. The minimum atomic E-state index is -1.37. The van der Waals surface area contributed by atoms with Gasteiger partial charge in [-0.1, -0.05) is 25.1 Å². The first-order valence-corrected chi connectivity index (χ1v) is 6.97.